The second-order valence-corrected chi connectivity index (χ2v) is 3.14. The summed E-state index contributed by atoms with van der Waals surface area (Å²) >= 11 is 0. The van der Waals surface area contributed by atoms with Gasteiger partial charge < -0.3 is 5.11 Å². The Hall–Kier alpha value is -1.06. The minimum Gasteiger partial charge on any atom is -0.508 e. The van der Waals surface area contributed by atoms with Crippen LogP contribution in [0.4, 0.5) is 0 Å². The summed E-state index contributed by atoms with van der Waals surface area (Å²) in [5.41, 5.74) is 4.56. The molecular formula is C10H16N2O. The smallest absolute Gasteiger partial charge is 0.120 e. The molecule has 0 aliphatic rings. The van der Waals surface area contributed by atoms with E-state index in [-0.39, 0.29) is 6.04 Å². The van der Waals surface area contributed by atoms with E-state index in [0.29, 0.717) is 5.75 Å². The van der Waals surface area contributed by atoms with E-state index in [4.69, 9.17) is 5.84 Å². The Morgan fingerprint density at radius 2 is 2.23 bits per heavy atom. The molecule has 1 aromatic rings. The Morgan fingerprint density at radius 3 is 2.69 bits per heavy atom. The summed E-state index contributed by atoms with van der Waals surface area (Å²) in [5.74, 6) is 5.59. The molecule has 0 spiro atoms. The number of hydrogen-bond acceptors (Lipinski definition) is 3. The van der Waals surface area contributed by atoms with E-state index in [1.165, 1.54) is 0 Å². The Kier molecular flexibility index (Phi) is 3.28. The van der Waals surface area contributed by atoms with Crippen LogP contribution >= 0.6 is 0 Å². The summed E-state index contributed by atoms with van der Waals surface area (Å²) in [6.45, 7) is 3.96. The van der Waals surface area contributed by atoms with Crippen LogP contribution in [-0.2, 0) is 6.42 Å². The molecule has 4 N–H and O–H groups in total. The molecule has 0 aromatic heterocycles. The molecule has 0 bridgehead atoms. The van der Waals surface area contributed by atoms with Crippen molar-refractivity contribution in [2.45, 2.75) is 26.3 Å². The van der Waals surface area contributed by atoms with Gasteiger partial charge in [0.1, 0.15) is 5.75 Å². The Bertz CT molecular complexity index is 286. The Morgan fingerprint density at radius 1 is 1.54 bits per heavy atom. The fraction of sp³-hybridized carbons (Fsp3) is 0.400. The first-order valence-corrected chi connectivity index (χ1v) is 4.47. The van der Waals surface area contributed by atoms with Crippen LogP contribution in [0.3, 0.4) is 0 Å². The third-order valence-corrected chi connectivity index (χ3v) is 2.22. The number of phenolic OH excluding ortho intramolecular Hbond substituents is 1. The molecule has 3 nitrogen and oxygen atoms in total. The van der Waals surface area contributed by atoms with Gasteiger partial charge in [-0.05, 0) is 25.0 Å². The molecule has 0 aliphatic carbocycles. The second-order valence-electron chi connectivity index (χ2n) is 3.14. The second kappa shape index (κ2) is 4.25. The van der Waals surface area contributed by atoms with Crippen molar-refractivity contribution in [3.63, 3.8) is 0 Å². The molecule has 0 radical (unpaired) electrons. The first-order chi connectivity index (χ1) is 6.19. The van der Waals surface area contributed by atoms with Crippen LogP contribution in [0.2, 0.25) is 0 Å². The Labute approximate surface area is 78.5 Å². The predicted molar refractivity (Wildman–Crippen MR) is 53.2 cm³/mol. The maximum Gasteiger partial charge on any atom is 0.120 e. The quantitative estimate of drug-likeness (QED) is 0.488. The van der Waals surface area contributed by atoms with Crippen LogP contribution in [0.1, 0.15) is 31.0 Å². The molecular weight excluding hydrogens is 164 g/mol. The number of nitrogens with two attached hydrogens (primary N) is 1. The van der Waals surface area contributed by atoms with Crippen molar-refractivity contribution in [3.8, 4) is 5.75 Å². The van der Waals surface area contributed by atoms with Crippen molar-refractivity contribution >= 4 is 0 Å². The average molecular weight is 180 g/mol. The average Bonchev–Trinajstić information content (AvgIpc) is 2.16. The summed E-state index contributed by atoms with van der Waals surface area (Å²) in [6, 6.07) is 5.66. The number of rotatable bonds is 3. The lowest BCUT2D eigenvalue weighted by atomic mass is 10.0. The largest absolute Gasteiger partial charge is 0.508 e. The van der Waals surface area contributed by atoms with Crippen LogP contribution in [0.5, 0.6) is 5.75 Å². The number of hydrazine groups is 1. The van der Waals surface area contributed by atoms with Gasteiger partial charge in [-0.15, -0.1) is 0 Å². The number of aromatic hydroxyl groups is 1. The summed E-state index contributed by atoms with van der Waals surface area (Å²) in [7, 11) is 0. The molecule has 0 aliphatic heterocycles. The van der Waals surface area contributed by atoms with E-state index in [9.17, 15) is 5.11 Å². The number of nitrogens with one attached hydrogen (secondary N) is 1. The van der Waals surface area contributed by atoms with Gasteiger partial charge in [-0.3, -0.25) is 11.3 Å². The van der Waals surface area contributed by atoms with Crippen molar-refractivity contribution in [1.82, 2.24) is 5.43 Å². The number of benzene rings is 1. The van der Waals surface area contributed by atoms with Gasteiger partial charge in [0.05, 0.1) is 0 Å². The monoisotopic (exact) mass is 180 g/mol. The maximum atomic E-state index is 9.63. The van der Waals surface area contributed by atoms with Gasteiger partial charge >= 0.3 is 0 Å². The molecule has 0 amide bonds. The van der Waals surface area contributed by atoms with Gasteiger partial charge in [0.15, 0.2) is 0 Å². The van der Waals surface area contributed by atoms with Crippen molar-refractivity contribution in [2.75, 3.05) is 0 Å². The topological polar surface area (TPSA) is 58.3 Å². The van der Waals surface area contributed by atoms with Crippen molar-refractivity contribution in [1.29, 1.82) is 0 Å². The molecule has 1 rings (SSSR count). The fourth-order valence-corrected chi connectivity index (χ4v) is 1.27. The molecule has 1 atom stereocenters. The minimum atomic E-state index is -0.0223. The zero-order chi connectivity index (χ0) is 9.84. The van der Waals surface area contributed by atoms with Crippen molar-refractivity contribution in [2.24, 2.45) is 5.84 Å². The molecule has 0 saturated carbocycles. The highest BCUT2D eigenvalue weighted by Crippen LogP contribution is 2.24. The molecule has 13 heavy (non-hydrogen) atoms. The third-order valence-electron chi connectivity index (χ3n) is 2.22. The lowest BCUT2D eigenvalue weighted by Crippen LogP contribution is -2.25. The summed E-state index contributed by atoms with van der Waals surface area (Å²) in [6.07, 6.45) is 0.929. The van der Waals surface area contributed by atoms with Gasteiger partial charge in [0, 0.05) is 11.6 Å². The normalized spacial score (nSPS) is 12.8. The van der Waals surface area contributed by atoms with Crippen LogP contribution in [-0.4, -0.2) is 5.11 Å². The van der Waals surface area contributed by atoms with E-state index in [1.807, 2.05) is 19.1 Å². The van der Waals surface area contributed by atoms with Gasteiger partial charge in [-0.1, -0.05) is 19.1 Å². The van der Waals surface area contributed by atoms with E-state index >= 15 is 0 Å². The van der Waals surface area contributed by atoms with Crippen molar-refractivity contribution < 1.29 is 5.11 Å². The summed E-state index contributed by atoms with van der Waals surface area (Å²) in [5, 5.41) is 9.63. The van der Waals surface area contributed by atoms with Gasteiger partial charge in [0.2, 0.25) is 0 Å². The number of hydrogen-bond donors (Lipinski definition) is 3. The molecule has 0 unspecified atom stereocenters. The highest BCUT2D eigenvalue weighted by molar-refractivity contribution is 5.38. The summed E-state index contributed by atoms with van der Waals surface area (Å²) < 4.78 is 0. The molecule has 72 valence electrons. The lowest BCUT2D eigenvalue weighted by molar-refractivity contribution is 0.454. The van der Waals surface area contributed by atoms with E-state index in [0.717, 1.165) is 17.5 Å². The zero-order valence-electron chi connectivity index (χ0n) is 8.04. The SMILES string of the molecule is CCc1ccc([C@@H](C)NN)c(O)c1. The molecule has 0 saturated heterocycles. The van der Waals surface area contributed by atoms with Crippen LogP contribution < -0.4 is 11.3 Å². The molecule has 3 heteroatoms. The fourth-order valence-electron chi connectivity index (χ4n) is 1.27. The van der Waals surface area contributed by atoms with Crippen molar-refractivity contribution in [3.05, 3.63) is 29.3 Å². The number of phenols is 1. The van der Waals surface area contributed by atoms with Crippen LogP contribution in [0.15, 0.2) is 18.2 Å². The predicted octanol–water partition coefficient (Wildman–Crippen LogP) is 1.48. The van der Waals surface area contributed by atoms with Gasteiger partial charge in [-0.25, -0.2) is 0 Å². The molecule has 0 heterocycles. The molecule has 0 fully saturated rings. The lowest BCUT2D eigenvalue weighted by Gasteiger charge is -2.12. The number of aryl methyl sites for hydroxylation is 1. The van der Waals surface area contributed by atoms with Gasteiger partial charge in [-0.2, -0.15) is 0 Å². The minimum absolute atomic E-state index is 0.0223. The molecule has 1 aromatic carbocycles. The first-order valence-electron chi connectivity index (χ1n) is 4.47. The van der Waals surface area contributed by atoms with Gasteiger partial charge in [0.25, 0.3) is 0 Å². The van der Waals surface area contributed by atoms with E-state index < -0.39 is 0 Å². The zero-order valence-corrected chi connectivity index (χ0v) is 8.04. The standard InChI is InChI=1S/C10H16N2O/c1-3-8-4-5-9(7(2)12-11)10(13)6-8/h4-7,12-13H,3,11H2,1-2H3/t7-/m1/s1. The van der Waals surface area contributed by atoms with E-state index in [1.54, 1.807) is 6.07 Å². The maximum absolute atomic E-state index is 9.63. The third kappa shape index (κ3) is 2.20. The first kappa shape index (κ1) is 10.0. The summed E-state index contributed by atoms with van der Waals surface area (Å²) in [4.78, 5) is 0. The highest BCUT2D eigenvalue weighted by Gasteiger charge is 2.08. The van der Waals surface area contributed by atoms with E-state index in [2.05, 4.69) is 12.3 Å². The van der Waals surface area contributed by atoms with Crippen LogP contribution in [0.25, 0.3) is 0 Å². The highest BCUT2D eigenvalue weighted by atomic mass is 16.3. The van der Waals surface area contributed by atoms with Crippen LogP contribution in [0, 0.1) is 0 Å². The Balaban J connectivity index is 2.98.